The molecule has 9 heteroatoms. The third-order valence-corrected chi connectivity index (χ3v) is 6.88. The van der Waals surface area contributed by atoms with Gasteiger partial charge in [0, 0.05) is 17.1 Å². The molecular formula is C28H25N5O3S. The van der Waals surface area contributed by atoms with Crippen LogP contribution in [-0.4, -0.2) is 33.9 Å². The number of fused-ring (bicyclic) bond motifs is 1. The number of thiophene rings is 1. The number of aromatic nitrogens is 3. The highest BCUT2D eigenvalue weighted by atomic mass is 32.1. The number of rotatable bonds is 9. The van der Waals surface area contributed by atoms with E-state index in [-0.39, 0.29) is 18.4 Å². The molecule has 1 N–H and O–H groups in total. The fourth-order valence-corrected chi connectivity index (χ4v) is 4.93. The van der Waals surface area contributed by atoms with E-state index < -0.39 is 6.04 Å². The molecule has 186 valence electrons. The van der Waals surface area contributed by atoms with Crippen LogP contribution in [0.5, 0.6) is 5.75 Å². The number of nitrogens with zero attached hydrogens (tertiary/aromatic N) is 4. The highest BCUT2D eigenvalue weighted by Gasteiger charge is 2.34. The fraction of sp³-hybridized carbons (Fsp3) is 0.143. The fourth-order valence-electron chi connectivity index (χ4n) is 4.12. The maximum absolute atomic E-state index is 14.0. The van der Waals surface area contributed by atoms with Crippen LogP contribution < -0.4 is 15.0 Å². The maximum atomic E-state index is 14.0. The van der Waals surface area contributed by atoms with Crippen LogP contribution in [0.2, 0.25) is 0 Å². The second kappa shape index (κ2) is 11.0. The summed E-state index contributed by atoms with van der Waals surface area (Å²) in [6.45, 7) is 0.264. The first kappa shape index (κ1) is 24.2. The lowest BCUT2D eigenvalue weighted by Gasteiger charge is -2.30. The first-order valence-electron chi connectivity index (χ1n) is 11.7. The van der Waals surface area contributed by atoms with Gasteiger partial charge in [-0.2, -0.15) is 0 Å². The van der Waals surface area contributed by atoms with Crippen molar-refractivity contribution in [3.8, 4) is 5.75 Å². The molecule has 0 bridgehead atoms. The third kappa shape index (κ3) is 5.36. The first-order valence-corrected chi connectivity index (χ1v) is 12.6. The van der Waals surface area contributed by atoms with Crippen LogP contribution >= 0.6 is 11.3 Å². The zero-order valence-electron chi connectivity index (χ0n) is 20.2. The van der Waals surface area contributed by atoms with E-state index in [1.54, 1.807) is 36.1 Å². The van der Waals surface area contributed by atoms with Crippen molar-refractivity contribution in [2.75, 3.05) is 12.0 Å². The van der Waals surface area contributed by atoms with Crippen LogP contribution in [0.15, 0.2) is 96.4 Å². The summed E-state index contributed by atoms with van der Waals surface area (Å²) < 4.78 is 6.86. The van der Waals surface area contributed by atoms with Crippen LogP contribution in [0.4, 0.5) is 5.69 Å². The molecule has 0 saturated heterocycles. The minimum Gasteiger partial charge on any atom is -0.497 e. The molecule has 0 aliphatic carbocycles. The number of carbonyl (C=O) groups excluding carboxylic acids is 2. The van der Waals surface area contributed by atoms with Crippen molar-refractivity contribution in [1.82, 2.24) is 20.3 Å². The number of hydrogen-bond donors (Lipinski definition) is 1. The summed E-state index contributed by atoms with van der Waals surface area (Å²) in [5.41, 5.74) is 2.98. The van der Waals surface area contributed by atoms with Crippen molar-refractivity contribution >= 4 is 39.9 Å². The number of benzene rings is 3. The van der Waals surface area contributed by atoms with E-state index in [1.165, 1.54) is 16.2 Å². The van der Waals surface area contributed by atoms with Crippen LogP contribution in [-0.2, 0) is 22.7 Å². The van der Waals surface area contributed by atoms with Gasteiger partial charge in [-0.05, 0) is 53.4 Å². The lowest BCUT2D eigenvalue weighted by atomic mass is 10.1. The molecule has 0 aliphatic rings. The van der Waals surface area contributed by atoms with Gasteiger partial charge in [-0.3, -0.25) is 14.5 Å². The minimum atomic E-state index is -0.876. The molecule has 2 amide bonds. The lowest BCUT2D eigenvalue weighted by Crippen LogP contribution is -2.44. The van der Waals surface area contributed by atoms with E-state index in [2.05, 4.69) is 15.6 Å². The topological polar surface area (TPSA) is 89.3 Å². The monoisotopic (exact) mass is 511 g/mol. The molecule has 2 aromatic heterocycles. The van der Waals surface area contributed by atoms with E-state index in [1.807, 2.05) is 72.1 Å². The Labute approximate surface area is 218 Å². The van der Waals surface area contributed by atoms with Crippen molar-refractivity contribution in [3.63, 3.8) is 0 Å². The van der Waals surface area contributed by atoms with E-state index >= 15 is 0 Å². The van der Waals surface area contributed by atoms with E-state index in [9.17, 15) is 9.59 Å². The molecule has 5 rings (SSSR count). The number of anilines is 1. The summed E-state index contributed by atoms with van der Waals surface area (Å²) in [5, 5.41) is 13.3. The van der Waals surface area contributed by atoms with Gasteiger partial charge in [-0.1, -0.05) is 53.7 Å². The smallest absolute Gasteiger partial charge is 0.249 e. The molecule has 0 aliphatic heterocycles. The normalized spacial score (nSPS) is 11.7. The molecule has 8 nitrogen and oxygen atoms in total. The maximum Gasteiger partial charge on any atom is 0.249 e. The van der Waals surface area contributed by atoms with E-state index in [0.717, 1.165) is 16.0 Å². The number of carbonyl (C=O) groups is 2. The van der Waals surface area contributed by atoms with E-state index in [4.69, 9.17) is 4.74 Å². The van der Waals surface area contributed by atoms with E-state index in [0.29, 0.717) is 23.5 Å². The van der Waals surface area contributed by atoms with Gasteiger partial charge in [-0.15, -0.1) is 16.4 Å². The number of ether oxygens (including phenoxy) is 1. The molecule has 0 spiro atoms. The minimum absolute atomic E-state index is 0.0830. The Bertz CT molecular complexity index is 1480. The predicted octanol–water partition coefficient (Wildman–Crippen LogP) is 4.59. The summed E-state index contributed by atoms with van der Waals surface area (Å²) in [7, 11) is 1.58. The Morgan fingerprint density at radius 2 is 1.73 bits per heavy atom. The highest BCUT2D eigenvalue weighted by molar-refractivity contribution is 7.10. The number of para-hydroxylation sites is 1. The van der Waals surface area contributed by atoms with Crippen molar-refractivity contribution in [3.05, 3.63) is 107 Å². The first-order chi connectivity index (χ1) is 18.1. The molecule has 1 atom stereocenters. The summed E-state index contributed by atoms with van der Waals surface area (Å²) in [4.78, 5) is 29.9. The molecular weight excluding hydrogens is 486 g/mol. The Morgan fingerprint density at radius 3 is 2.46 bits per heavy atom. The molecule has 0 saturated carbocycles. The molecule has 0 radical (unpaired) electrons. The van der Waals surface area contributed by atoms with Gasteiger partial charge in [0.05, 0.1) is 12.6 Å². The SMILES string of the molecule is COc1ccc(N(C(=O)Cn2nnc3ccccc32)C(C(=O)NCc2ccccc2)c2cccs2)cc1. The Balaban J connectivity index is 1.51. The zero-order chi connectivity index (χ0) is 25.6. The summed E-state index contributed by atoms with van der Waals surface area (Å²) in [6.07, 6.45) is 0. The summed E-state index contributed by atoms with van der Waals surface area (Å²) in [5.74, 6) is 0.0765. The van der Waals surface area contributed by atoms with Gasteiger partial charge >= 0.3 is 0 Å². The molecule has 37 heavy (non-hydrogen) atoms. The van der Waals surface area contributed by atoms with Crippen LogP contribution in [0.25, 0.3) is 11.0 Å². The Hall–Kier alpha value is -4.50. The highest BCUT2D eigenvalue weighted by Crippen LogP contribution is 2.32. The average Bonchev–Trinajstić information content (AvgIpc) is 3.62. The van der Waals surface area contributed by atoms with Gasteiger partial charge in [0.15, 0.2) is 0 Å². The second-order valence-corrected chi connectivity index (χ2v) is 9.30. The molecule has 0 fully saturated rings. The van der Waals surface area contributed by atoms with Gasteiger partial charge in [-0.25, -0.2) is 4.68 Å². The molecule has 3 aromatic carbocycles. The van der Waals surface area contributed by atoms with Gasteiger partial charge in [0.1, 0.15) is 23.9 Å². The van der Waals surface area contributed by atoms with Gasteiger partial charge < -0.3 is 10.1 Å². The average molecular weight is 512 g/mol. The summed E-state index contributed by atoms with van der Waals surface area (Å²) >= 11 is 1.43. The van der Waals surface area contributed by atoms with Crippen LogP contribution in [0, 0.1) is 0 Å². The van der Waals surface area contributed by atoms with Crippen molar-refractivity contribution in [1.29, 1.82) is 0 Å². The molecule has 5 aromatic rings. The second-order valence-electron chi connectivity index (χ2n) is 8.32. The molecule has 1 unspecified atom stereocenters. The van der Waals surface area contributed by atoms with Gasteiger partial charge in [0.25, 0.3) is 0 Å². The number of nitrogens with one attached hydrogen (secondary N) is 1. The number of amides is 2. The van der Waals surface area contributed by atoms with Crippen LogP contribution in [0.3, 0.4) is 0 Å². The van der Waals surface area contributed by atoms with Crippen LogP contribution in [0.1, 0.15) is 16.5 Å². The van der Waals surface area contributed by atoms with Crippen molar-refractivity contribution in [2.24, 2.45) is 0 Å². The van der Waals surface area contributed by atoms with Gasteiger partial charge in [0.2, 0.25) is 11.8 Å². The standard InChI is InChI=1S/C28H25N5O3S/c1-36-22-15-13-21(14-16-22)33(26(34)19-32-24-11-6-5-10-23(24)30-31-32)27(25-12-7-17-37-25)28(35)29-18-20-8-3-2-4-9-20/h2-17,27H,18-19H2,1H3,(H,29,35). The largest absolute Gasteiger partial charge is 0.497 e. The Morgan fingerprint density at radius 1 is 0.973 bits per heavy atom. The molecule has 2 heterocycles. The Kier molecular flexibility index (Phi) is 7.23. The predicted molar refractivity (Wildman–Crippen MR) is 143 cm³/mol. The quantitative estimate of drug-likeness (QED) is 0.313. The number of methoxy groups -OCH3 is 1. The van der Waals surface area contributed by atoms with Crippen molar-refractivity contribution < 1.29 is 14.3 Å². The van der Waals surface area contributed by atoms with Crippen molar-refractivity contribution in [2.45, 2.75) is 19.1 Å². The zero-order valence-corrected chi connectivity index (χ0v) is 21.0. The number of hydrogen-bond acceptors (Lipinski definition) is 6. The lowest BCUT2D eigenvalue weighted by molar-refractivity contribution is -0.127. The summed E-state index contributed by atoms with van der Waals surface area (Å²) in [6, 6.07) is 27.1. The third-order valence-electron chi connectivity index (χ3n) is 5.95.